The molecular weight excluding hydrogens is 496 g/mol. The minimum absolute atomic E-state index is 0.0575. The van der Waals surface area contributed by atoms with Crippen molar-refractivity contribution in [2.45, 2.75) is 63.2 Å². The summed E-state index contributed by atoms with van der Waals surface area (Å²) < 4.78 is 10.9. The number of hydrogen-bond donors (Lipinski definition) is 4. The van der Waals surface area contributed by atoms with Gasteiger partial charge in [-0.1, -0.05) is 43.0 Å². The van der Waals surface area contributed by atoms with Crippen LogP contribution < -0.4 is 16.0 Å². The largest absolute Gasteiger partial charge is 0.453 e. The van der Waals surface area contributed by atoms with E-state index < -0.39 is 12.2 Å². The van der Waals surface area contributed by atoms with Gasteiger partial charge in [-0.2, -0.15) is 0 Å². The molecule has 1 saturated carbocycles. The van der Waals surface area contributed by atoms with E-state index in [0.29, 0.717) is 37.8 Å². The minimum atomic E-state index is -0.567. The fourth-order valence-corrected chi connectivity index (χ4v) is 5.77. The Balaban J connectivity index is 1.65. The average Bonchev–Trinajstić information content (AvgIpc) is 2.92. The van der Waals surface area contributed by atoms with Crippen molar-refractivity contribution in [3.8, 4) is 0 Å². The summed E-state index contributed by atoms with van der Waals surface area (Å²) in [4.78, 5) is 26.6. The first-order chi connectivity index (χ1) is 17.9. The van der Waals surface area contributed by atoms with E-state index >= 15 is 0 Å². The number of piperidine rings is 1. The average molecular weight is 539 g/mol. The van der Waals surface area contributed by atoms with Crippen LogP contribution in [0.2, 0.25) is 5.02 Å². The van der Waals surface area contributed by atoms with Crippen molar-refractivity contribution < 1.29 is 24.2 Å². The van der Waals surface area contributed by atoms with E-state index in [1.165, 1.54) is 13.5 Å². The van der Waals surface area contributed by atoms with E-state index in [4.69, 9.17) is 16.3 Å². The number of hydrogen-bond acceptors (Lipinski definition) is 6. The second-order valence-corrected chi connectivity index (χ2v) is 10.6. The molecule has 4 atom stereocenters. The number of rotatable bonds is 11. The lowest BCUT2D eigenvalue weighted by Crippen LogP contribution is -2.56. The molecule has 2 aliphatic rings. The van der Waals surface area contributed by atoms with E-state index in [9.17, 15) is 14.7 Å². The number of nitrogens with zero attached hydrogens (tertiary/aromatic N) is 1. The molecule has 208 valence electrons. The summed E-state index contributed by atoms with van der Waals surface area (Å²) in [5.41, 5.74) is 0.943. The van der Waals surface area contributed by atoms with Crippen molar-refractivity contribution >= 4 is 23.7 Å². The quantitative estimate of drug-likeness (QED) is 0.320. The molecule has 4 N–H and O–H groups in total. The number of likely N-dealkylation sites (N-methyl/N-ethyl adjacent to an activating group) is 1. The number of urea groups is 1. The van der Waals surface area contributed by atoms with Gasteiger partial charge >= 0.3 is 12.1 Å². The lowest BCUT2D eigenvalue weighted by molar-refractivity contribution is -0.00938. The van der Waals surface area contributed by atoms with E-state index in [1.54, 1.807) is 0 Å². The molecule has 0 aromatic heterocycles. The Morgan fingerprint density at radius 3 is 2.62 bits per heavy atom. The van der Waals surface area contributed by atoms with E-state index in [-0.39, 0.29) is 30.0 Å². The molecule has 0 unspecified atom stereocenters. The zero-order valence-electron chi connectivity index (χ0n) is 22.1. The third-order valence-electron chi connectivity index (χ3n) is 7.48. The van der Waals surface area contributed by atoms with Crippen LogP contribution in [0.5, 0.6) is 0 Å². The number of carbonyl (C=O) groups is 2. The Morgan fingerprint density at radius 1 is 1.16 bits per heavy atom. The second kappa shape index (κ2) is 15.4. The maximum absolute atomic E-state index is 13.4. The van der Waals surface area contributed by atoms with Crippen LogP contribution in [0.4, 0.5) is 9.59 Å². The predicted octanol–water partition coefficient (Wildman–Crippen LogP) is 3.70. The molecule has 1 aromatic carbocycles. The van der Waals surface area contributed by atoms with Gasteiger partial charge in [0.1, 0.15) is 0 Å². The first kappa shape index (κ1) is 29.5. The van der Waals surface area contributed by atoms with Gasteiger partial charge in [0, 0.05) is 37.1 Å². The third-order valence-corrected chi connectivity index (χ3v) is 7.72. The fourth-order valence-electron chi connectivity index (χ4n) is 5.57. The van der Waals surface area contributed by atoms with Crippen molar-refractivity contribution in [3.05, 3.63) is 34.9 Å². The van der Waals surface area contributed by atoms with Gasteiger partial charge in [-0.15, -0.1) is 0 Å². The van der Waals surface area contributed by atoms with Gasteiger partial charge in [-0.3, -0.25) is 0 Å². The van der Waals surface area contributed by atoms with Crippen LogP contribution in [0.15, 0.2) is 24.3 Å². The zero-order valence-corrected chi connectivity index (χ0v) is 22.8. The smallest absolute Gasteiger partial charge is 0.406 e. The highest BCUT2D eigenvalue weighted by Crippen LogP contribution is 2.34. The minimum Gasteiger partial charge on any atom is -0.453 e. The number of alkyl carbamates (subject to hydrolysis) is 1. The van der Waals surface area contributed by atoms with Crippen LogP contribution in [0.3, 0.4) is 0 Å². The van der Waals surface area contributed by atoms with Gasteiger partial charge in [-0.25, -0.2) is 9.59 Å². The number of amides is 3. The Morgan fingerprint density at radius 2 is 1.92 bits per heavy atom. The number of aliphatic hydroxyl groups excluding tert-OH is 1. The maximum Gasteiger partial charge on any atom is 0.406 e. The number of nitrogens with one attached hydrogen (secondary N) is 3. The van der Waals surface area contributed by atoms with Crippen LogP contribution in [0, 0.1) is 11.8 Å². The van der Waals surface area contributed by atoms with Crippen LogP contribution in [0.1, 0.15) is 56.6 Å². The Hall–Kier alpha value is -2.07. The van der Waals surface area contributed by atoms with E-state index in [0.717, 1.165) is 44.1 Å². The molecule has 37 heavy (non-hydrogen) atoms. The molecule has 3 rings (SSSR count). The molecule has 1 aliphatic heterocycles. The highest BCUT2D eigenvalue weighted by atomic mass is 35.5. The molecule has 10 heteroatoms. The number of ether oxygens (including phenoxy) is 2. The standard InChI is InChI=1S/C27H43ClN4O5/c1-29-17-23(24(33)19-8-4-3-5-9-19)31-26(34)32-14-7-11-21(18-32)25(20-10-6-12-22(28)16-20)37-15-13-30-27(35)36-2/h6,10,12,16,19,21,23-25,29,33H,3-5,7-9,11,13-15,17-18H2,1-2H3,(H,30,35)(H,31,34)/t21-,23-,24+,25+/m1/s1. The SMILES string of the molecule is CNC[C@@H](NC(=O)N1CCC[C@@H]([C@@H](OCCNC(=O)OC)c2cccc(Cl)c2)C1)[C@@H](O)C1CCCCC1. The number of carbonyl (C=O) groups excluding carboxylic acids is 2. The van der Waals surface area contributed by atoms with Crippen molar-refractivity contribution in [1.82, 2.24) is 20.9 Å². The molecule has 1 aliphatic carbocycles. The summed E-state index contributed by atoms with van der Waals surface area (Å²) in [7, 11) is 3.16. The number of benzene rings is 1. The van der Waals surface area contributed by atoms with Crippen LogP contribution in [-0.4, -0.2) is 81.2 Å². The molecular formula is C27H43ClN4O5. The van der Waals surface area contributed by atoms with Gasteiger partial charge in [-0.05, 0) is 56.3 Å². The highest BCUT2D eigenvalue weighted by Gasteiger charge is 2.34. The first-order valence-corrected chi connectivity index (χ1v) is 13.9. The molecule has 0 bridgehead atoms. The fraction of sp³-hybridized carbons (Fsp3) is 0.704. The van der Waals surface area contributed by atoms with Gasteiger partial charge < -0.3 is 35.4 Å². The number of aliphatic hydroxyl groups is 1. The van der Waals surface area contributed by atoms with Crippen molar-refractivity contribution in [2.75, 3.05) is 46.9 Å². The Labute approximate surface area is 225 Å². The van der Waals surface area contributed by atoms with Gasteiger partial charge in [0.25, 0.3) is 0 Å². The molecule has 3 amide bonds. The first-order valence-electron chi connectivity index (χ1n) is 13.5. The van der Waals surface area contributed by atoms with Crippen LogP contribution >= 0.6 is 11.6 Å². The van der Waals surface area contributed by atoms with Crippen LogP contribution in [0.25, 0.3) is 0 Å². The second-order valence-electron chi connectivity index (χ2n) is 10.1. The van der Waals surface area contributed by atoms with Crippen molar-refractivity contribution in [3.63, 3.8) is 0 Å². The molecule has 1 aromatic rings. The van der Waals surface area contributed by atoms with Crippen molar-refractivity contribution in [1.29, 1.82) is 0 Å². The highest BCUT2D eigenvalue weighted by molar-refractivity contribution is 6.30. The molecule has 0 spiro atoms. The Kier molecular flexibility index (Phi) is 12.2. The van der Waals surface area contributed by atoms with Crippen molar-refractivity contribution in [2.24, 2.45) is 11.8 Å². The molecule has 1 saturated heterocycles. The van der Waals surface area contributed by atoms with Gasteiger partial charge in [0.2, 0.25) is 0 Å². The van der Waals surface area contributed by atoms with E-state index in [2.05, 4.69) is 20.7 Å². The van der Waals surface area contributed by atoms with Crippen LogP contribution in [-0.2, 0) is 9.47 Å². The summed E-state index contributed by atoms with van der Waals surface area (Å²) in [6.45, 7) is 2.31. The van der Waals surface area contributed by atoms with E-state index in [1.807, 2.05) is 36.2 Å². The number of halogens is 1. The summed E-state index contributed by atoms with van der Waals surface area (Å²) in [6, 6.07) is 7.08. The normalized spacial score (nSPS) is 21.1. The lowest BCUT2D eigenvalue weighted by Gasteiger charge is -2.39. The Bertz CT molecular complexity index is 854. The van der Waals surface area contributed by atoms with Gasteiger partial charge in [0.15, 0.2) is 0 Å². The molecule has 1 heterocycles. The monoisotopic (exact) mass is 538 g/mol. The number of likely N-dealkylation sites (tertiary alicyclic amines) is 1. The lowest BCUT2D eigenvalue weighted by atomic mass is 9.82. The van der Waals surface area contributed by atoms with Gasteiger partial charge in [0.05, 0.1) is 32.0 Å². The molecule has 9 nitrogen and oxygen atoms in total. The third kappa shape index (κ3) is 9.02. The summed E-state index contributed by atoms with van der Waals surface area (Å²) in [6.07, 6.45) is 5.89. The molecule has 2 fully saturated rings. The number of methoxy groups -OCH3 is 1. The summed E-state index contributed by atoms with van der Waals surface area (Å²) in [5.74, 6) is 0.280. The summed E-state index contributed by atoms with van der Waals surface area (Å²) >= 11 is 6.28. The maximum atomic E-state index is 13.4. The zero-order chi connectivity index (χ0) is 26.6. The predicted molar refractivity (Wildman–Crippen MR) is 144 cm³/mol. The molecule has 0 radical (unpaired) electrons. The summed E-state index contributed by atoms with van der Waals surface area (Å²) in [5, 5.41) is 20.6. The topological polar surface area (TPSA) is 112 Å².